The van der Waals surface area contributed by atoms with Gasteiger partial charge in [-0.25, -0.2) is 4.68 Å². The molecule has 0 spiro atoms. The maximum absolute atomic E-state index is 12.4. The molecule has 1 aromatic carbocycles. The van der Waals surface area contributed by atoms with Crippen LogP contribution in [-0.4, -0.2) is 46.8 Å². The lowest BCUT2D eigenvalue weighted by Gasteiger charge is -2.36. The van der Waals surface area contributed by atoms with E-state index in [2.05, 4.69) is 25.9 Å². The molecule has 0 bridgehead atoms. The molecule has 0 aliphatic carbocycles. The summed E-state index contributed by atoms with van der Waals surface area (Å²) in [6.45, 7) is 2.59. The number of anilines is 1. The van der Waals surface area contributed by atoms with Gasteiger partial charge in [0.2, 0.25) is 0 Å². The van der Waals surface area contributed by atoms with E-state index < -0.39 is 0 Å². The van der Waals surface area contributed by atoms with E-state index in [1.165, 1.54) is 4.68 Å². The van der Waals surface area contributed by atoms with Crippen LogP contribution in [0.4, 0.5) is 5.69 Å². The number of halogens is 1. The summed E-state index contributed by atoms with van der Waals surface area (Å²) < 4.78 is 1.81. The molecule has 120 valence electrons. The molecule has 1 saturated heterocycles. The molecule has 1 aromatic heterocycles. The smallest absolute Gasteiger partial charge is 0.282 e. The highest BCUT2D eigenvalue weighted by Gasteiger charge is 2.24. The molecule has 0 unspecified atom stereocenters. The third kappa shape index (κ3) is 3.14. The maximum Gasteiger partial charge on any atom is 0.282 e. The summed E-state index contributed by atoms with van der Waals surface area (Å²) >= 11 is 3.35. The minimum atomic E-state index is -0.162. The van der Waals surface area contributed by atoms with Gasteiger partial charge in [0.25, 0.3) is 11.5 Å². The molecule has 1 aliphatic rings. The Kier molecular flexibility index (Phi) is 4.47. The number of benzene rings is 1. The second kappa shape index (κ2) is 6.54. The van der Waals surface area contributed by atoms with Crippen molar-refractivity contribution in [2.24, 2.45) is 7.05 Å². The highest BCUT2D eigenvalue weighted by atomic mass is 79.9. The molecule has 3 rings (SSSR count). The summed E-state index contributed by atoms with van der Waals surface area (Å²) in [5.41, 5.74) is 1.32. The lowest BCUT2D eigenvalue weighted by atomic mass is 10.2. The average Bonchev–Trinajstić information content (AvgIpc) is 2.60. The first-order chi connectivity index (χ1) is 11.1. The Bertz CT molecular complexity index is 767. The zero-order chi connectivity index (χ0) is 16.4. The fraction of sp³-hybridized carbons (Fsp3) is 0.312. The van der Waals surface area contributed by atoms with Gasteiger partial charge in [0.05, 0.1) is 11.9 Å². The lowest BCUT2D eigenvalue weighted by Crippen LogP contribution is -2.49. The lowest BCUT2D eigenvalue weighted by molar-refractivity contribution is 0.0746. The van der Waals surface area contributed by atoms with Gasteiger partial charge in [-0.05, 0) is 28.1 Å². The molecule has 2 aromatic rings. The van der Waals surface area contributed by atoms with Crippen molar-refractivity contribution in [1.29, 1.82) is 0 Å². The maximum atomic E-state index is 12.4. The number of nitrogens with zero attached hydrogens (tertiary/aromatic N) is 4. The molecule has 1 aliphatic heterocycles. The van der Waals surface area contributed by atoms with E-state index in [1.54, 1.807) is 13.2 Å². The number of amides is 1. The predicted molar refractivity (Wildman–Crippen MR) is 91.7 cm³/mol. The first-order valence-electron chi connectivity index (χ1n) is 7.39. The van der Waals surface area contributed by atoms with Gasteiger partial charge < -0.3 is 9.80 Å². The molecule has 2 heterocycles. The monoisotopic (exact) mass is 376 g/mol. The molecule has 6 nitrogen and oxygen atoms in total. The summed E-state index contributed by atoms with van der Waals surface area (Å²) in [7, 11) is 1.62. The number of carbonyl (C=O) groups excluding carboxylic acids is 1. The van der Waals surface area contributed by atoms with E-state index in [4.69, 9.17) is 0 Å². The van der Waals surface area contributed by atoms with Crippen LogP contribution >= 0.6 is 15.9 Å². The molecule has 1 fully saturated rings. The summed E-state index contributed by atoms with van der Waals surface area (Å²) in [5.74, 6) is 0.0476. The summed E-state index contributed by atoms with van der Waals surface area (Å²) in [4.78, 5) is 28.3. The number of carbonyl (C=O) groups is 1. The van der Waals surface area contributed by atoms with E-state index in [0.717, 1.165) is 5.69 Å². The van der Waals surface area contributed by atoms with Gasteiger partial charge >= 0.3 is 0 Å². The average molecular weight is 377 g/mol. The molecule has 0 radical (unpaired) electrons. The van der Waals surface area contributed by atoms with Gasteiger partial charge in [-0.1, -0.05) is 18.2 Å². The van der Waals surface area contributed by atoms with Crippen LogP contribution in [0.15, 0.2) is 45.8 Å². The highest BCUT2D eigenvalue weighted by molar-refractivity contribution is 9.10. The molecular weight excluding hydrogens is 360 g/mol. The second-order valence-electron chi connectivity index (χ2n) is 5.42. The number of rotatable bonds is 2. The van der Waals surface area contributed by atoms with Crippen molar-refractivity contribution in [3.05, 3.63) is 56.9 Å². The van der Waals surface area contributed by atoms with E-state index >= 15 is 0 Å². The fourth-order valence-corrected chi connectivity index (χ4v) is 3.25. The molecule has 23 heavy (non-hydrogen) atoms. The Morgan fingerprint density at radius 1 is 1.13 bits per heavy atom. The van der Waals surface area contributed by atoms with Crippen LogP contribution in [0.2, 0.25) is 0 Å². The third-order valence-electron chi connectivity index (χ3n) is 3.99. The van der Waals surface area contributed by atoms with Gasteiger partial charge in [0, 0.05) is 38.8 Å². The van der Waals surface area contributed by atoms with Crippen molar-refractivity contribution in [3.8, 4) is 0 Å². The Morgan fingerprint density at radius 3 is 2.43 bits per heavy atom. The van der Waals surface area contributed by atoms with Gasteiger partial charge in [0.1, 0.15) is 4.47 Å². The largest absolute Gasteiger partial charge is 0.366 e. The molecule has 0 saturated carbocycles. The first-order valence-corrected chi connectivity index (χ1v) is 8.18. The van der Waals surface area contributed by atoms with Crippen LogP contribution in [0, 0.1) is 0 Å². The second-order valence-corrected chi connectivity index (χ2v) is 6.21. The number of piperazine rings is 1. The molecule has 1 amide bonds. The summed E-state index contributed by atoms with van der Waals surface area (Å²) in [6.07, 6.45) is 1.68. The van der Waals surface area contributed by atoms with Crippen molar-refractivity contribution >= 4 is 27.5 Å². The van der Waals surface area contributed by atoms with Crippen LogP contribution < -0.4 is 10.5 Å². The van der Waals surface area contributed by atoms with Crippen LogP contribution in [0.3, 0.4) is 0 Å². The van der Waals surface area contributed by atoms with Crippen LogP contribution in [0.25, 0.3) is 0 Å². The van der Waals surface area contributed by atoms with E-state index in [9.17, 15) is 9.59 Å². The third-order valence-corrected chi connectivity index (χ3v) is 4.73. The normalized spacial score (nSPS) is 14.9. The molecule has 7 heteroatoms. The van der Waals surface area contributed by atoms with Gasteiger partial charge in [-0.3, -0.25) is 9.59 Å². The molecule has 0 atom stereocenters. The van der Waals surface area contributed by atoms with Crippen molar-refractivity contribution in [2.45, 2.75) is 0 Å². The van der Waals surface area contributed by atoms with Gasteiger partial charge in [0.15, 0.2) is 0 Å². The number of hydrogen-bond acceptors (Lipinski definition) is 4. The number of aryl methyl sites for hydroxylation is 1. The topological polar surface area (TPSA) is 58.4 Å². The van der Waals surface area contributed by atoms with Crippen molar-refractivity contribution in [3.63, 3.8) is 0 Å². The molecule has 0 N–H and O–H groups in total. The van der Waals surface area contributed by atoms with Gasteiger partial charge in [-0.15, -0.1) is 0 Å². The Labute approximate surface area is 142 Å². The number of hydrogen-bond donors (Lipinski definition) is 0. The Morgan fingerprint density at radius 2 is 1.78 bits per heavy atom. The Balaban J connectivity index is 1.71. The quantitative estimate of drug-likeness (QED) is 0.796. The minimum absolute atomic E-state index is 0.0476. The fourth-order valence-electron chi connectivity index (χ4n) is 2.64. The Hall–Kier alpha value is -2.15. The number of aromatic nitrogens is 2. The van der Waals surface area contributed by atoms with Crippen molar-refractivity contribution < 1.29 is 4.79 Å². The first kappa shape index (κ1) is 15.7. The summed E-state index contributed by atoms with van der Waals surface area (Å²) in [5, 5.41) is 4.07. The predicted octanol–water partition coefficient (Wildman–Crippen LogP) is 1.51. The van der Waals surface area contributed by atoms with Crippen LogP contribution in [0.1, 0.15) is 10.4 Å². The minimum Gasteiger partial charge on any atom is -0.366 e. The zero-order valence-corrected chi connectivity index (χ0v) is 14.4. The standard InChI is InChI=1S/C16H17BrN4O2/c1-19-16(23)14(17)13(11-18-19)20-7-9-21(10-8-20)15(22)12-5-3-2-4-6-12/h2-6,11H,7-10H2,1H3. The van der Waals surface area contributed by atoms with E-state index in [0.29, 0.717) is 36.2 Å². The molecular formula is C16H17BrN4O2. The summed E-state index contributed by atoms with van der Waals surface area (Å²) in [6, 6.07) is 9.29. The van der Waals surface area contributed by atoms with Crippen molar-refractivity contribution in [2.75, 3.05) is 31.1 Å². The van der Waals surface area contributed by atoms with Gasteiger partial charge in [-0.2, -0.15) is 5.10 Å². The van der Waals surface area contributed by atoms with Crippen molar-refractivity contribution in [1.82, 2.24) is 14.7 Å². The highest BCUT2D eigenvalue weighted by Crippen LogP contribution is 2.23. The van der Waals surface area contributed by atoms with E-state index in [-0.39, 0.29) is 11.5 Å². The SMILES string of the molecule is Cn1ncc(N2CCN(C(=O)c3ccccc3)CC2)c(Br)c1=O. The van der Waals surface area contributed by atoms with E-state index in [1.807, 2.05) is 35.2 Å². The van der Waals surface area contributed by atoms with Crippen LogP contribution in [0.5, 0.6) is 0 Å². The van der Waals surface area contributed by atoms with Crippen LogP contribution in [-0.2, 0) is 7.05 Å². The zero-order valence-electron chi connectivity index (χ0n) is 12.8.